The Kier molecular flexibility index (Phi) is 3.93. The molecule has 2 aromatic heterocycles. The number of imidazole rings is 1. The quantitative estimate of drug-likeness (QED) is 0.692. The van der Waals surface area contributed by atoms with E-state index in [-0.39, 0.29) is 6.61 Å². The van der Waals surface area contributed by atoms with Crippen molar-refractivity contribution in [1.82, 2.24) is 9.38 Å². The Hall–Kier alpha value is -3.33. The van der Waals surface area contributed by atoms with E-state index in [2.05, 4.69) is 11.1 Å². The highest BCUT2D eigenvalue weighted by atomic mass is 16.5. The Morgan fingerprint density at radius 1 is 1.35 bits per heavy atom. The van der Waals surface area contributed by atoms with Crippen molar-refractivity contribution < 1.29 is 14.3 Å². The number of aromatic nitrogens is 2. The van der Waals surface area contributed by atoms with Gasteiger partial charge in [0.2, 0.25) is 0 Å². The van der Waals surface area contributed by atoms with Gasteiger partial charge in [0.1, 0.15) is 17.9 Å². The number of benzene rings is 1. The van der Waals surface area contributed by atoms with Gasteiger partial charge >= 0.3 is 5.97 Å². The van der Waals surface area contributed by atoms with Crippen LogP contribution in [0.15, 0.2) is 48.8 Å². The SMILES string of the molecule is COC(=O)c1cccn2cc(COc3cccc(C#N)c3)nc12. The van der Waals surface area contributed by atoms with Crippen molar-refractivity contribution >= 4 is 11.6 Å². The molecule has 3 rings (SSSR count). The van der Waals surface area contributed by atoms with E-state index in [4.69, 9.17) is 14.7 Å². The summed E-state index contributed by atoms with van der Waals surface area (Å²) in [6, 6.07) is 12.4. The number of ether oxygens (including phenoxy) is 2. The lowest BCUT2D eigenvalue weighted by atomic mass is 10.2. The van der Waals surface area contributed by atoms with E-state index in [1.54, 1.807) is 53.2 Å². The van der Waals surface area contributed by atoms with Crippen molar-refractivity contribution in [2.24, 2.45) is 0 Å². The minimum atomic E-state index is -0.435. The van der Waals surface area contributed by atoms with E-state index in [0.717, 1.165) is 0 Å². The van der Waals surface area contributed by atoms with Crippen LogP contribution in [0, 0.1) is 11.3 Å². The highest BCUT2D eigenvalue weighted by molar-refractivity contribution is 5.95. The first-order valence-electron chi connectivity index (χ1n) is 6.89. The summed E-state index contributed by atoms with van der Waals surface area (Å²) in [5.41, 5.74) is 2.12. The summed E-state index contributed by atoms with van der Waals surface area (Å²) in [5, 5.41) is 8.88. The van der Waals surface area contributed by atoms with Crippen molar-refractivity contribution in [3.8, 4) is 11.8 Å². The van der Waals surface area contributed by atoms with E-state index >= 15 is 0 Å². The average molecular weight is 307 g/mol. The van der Waals surface area contributed by atoms with Gasteiger partial charge < -0.3 is 13.9 Å². The average Bonchev–Trinajstić information content (AvgIpc) is 3.02. The molecule has 114 valence electrons. The normalized spacial score (nSPS) is 10.3. The molecule has 0 saturated carbocycles. The third kappa shape index (κ3) is 2.99. The van der Waals surface area contributed by atoms with E-state index in [1.807, 2.05) is 0 Å². The standard InChI is InChI=1S/C17H13N3O3/c1-22-17(21)15-6-3-7-20-10-13(19-16(15)20)11-23-14-5-2-4-12(8-14)9-18/h2-8,10H,11H2,1H3. The highest BCUT2D eigenvalue weighted by Crippen LogP contribution is 2.16. The Balaban J connectivity index is 1.84. The van der Waals surface area contributed by atoms with Crippen LogP contribution < -0.4 is 4.74 Å². The summed E-state index contributed by atoms with van der Waals surface area (Å²) in [6.45, 7) is 0.233. The Morgan fingerprint density at radius 2 is 2.22 bits per heavy atom. The molecule has 0 N–H and O–H groups in total. The number of esters is 1. The molecule has 23 heavy (non-hydrogen) atoms. The minimum Gasteiger partial charge on any atom is -0.487 e. The van der Waals surface area contributed by atoms with Crippen molar-refractivity contribution in [2.75, 3.05) is 7.11 Å². The minimum absolute atomic E-state index is 0.233. The lowest BCUT2D eigenvalue weighted by Gasteiger charge is -2.03. The Morgan fingerprint density at radius 3 is 3.00 bits per heavy atom. The van der Waals surface area contributed by atoms with Crippen LogP contribution >= 0.6 is 0 Å². The largest absolute Gasteiger partial charge is 0.487 e. The molecular formula is C17H13N3O3. The van der Waals surface area contributed by atoms with Gasteiger partial charge in [0, 0.05) is 12.4 Å². The number of methoxy groups -OCH3 is 1. The molecular weight excluding hydrogens is 294 g/mol. The number of nitrogens with zero attached hydrogens (tertiary/aromatic N) is 3. The molecule has 0 radical (unpaired) electrons. The fourth-order valence-electron chi connectivity index (χ4n) is 2.22. The van der Waals surface area contributed by atoms with Gasteiger partial charge in [-0.2, -0.15) is 5.26 Å². The Bertz CT molecular complexity index is 909. The van der Waals surface area contributed by atoms with E-state index in [0.29, 0.717) is 28.2 Å². The number of nitriles is 1. The fourth-order valence-corrected chi connectivity index (χ4v) is 2.22. The molecule has 0 bridgehead atoms. The molecule has 0 aliphatic heterocycles. The van der Waals surface area contributed by atoms with Gasteiger partial charge in [-0.1, -0.05) is 6.07 Å². The number of hydrogen-bond donors (Lipinski definition) is 0. The van der Waals surface area contributed by atoms with Gasteiger partial charge in [0.05, 0.1) is 24.4 Å². The first-order valence-corrected chi connectivity index (χ1v) is 6.89. The van der Waals surface area contributed by atoms with Crippen LogP contribution in [-0.2, 0) is 11.3 Å². The smallest absolute Gasteiger partial charge is 0.341 e. The number of carbonyl (C=O) groups is 1. The molecule has 6 nitrogen and oxygen atoms in total. The summed E-state index contributed by atoms with van der Waals surface area (Å²) in [7, 11) is 1.33. The predicted molar refractivity (Wildman–Crippen MR) is 82.0 cm³/mol. The third-order valence-corrected chi connectivity index (χ3v) is 3.29. The first kappa shape index (κ1) is 14.6. The second kappa shape index (κ2) is 6.20. The summed E-state index contributed by atoms with van der Waals surface area (Å²) in [4.78, 5) is 16.2. The summed E-state index contributed by atoms with van der Waals surface area (Å²) < 4.78 is 12.1. The molecule has 0 aliphatic carbocycles. The summed E-state index contributed by atoms with van der Waals surface area (Å²) >= 11 is 0. The van der Waals surface area contributed by atoms with Crippen molar-refractivity contribution in [2.45, 2.75) is 6.61 Å². The van der Waals surface area contributed by atoms with Crippen LogP contribution in [0.5, 0.6) is 5.75 Å². The van der Waals surface area contributed by atoms with E-state index < -0.39 is 5.97 Å². The monoisotopic (exact) mass is 307 g/mol. The fraction of sp³-hybridized carbons (Fsp3) is 0.118. The second-order valence-corrected chi connectivity index (χ2v) is 4.80. The molecule has 0 unspecified atom stereocenters. The first-order chi connectivity index (χ1) is 11.2. The van der Waals surface area contributed by atoms with Crippen LogP contribution in [0.2, 0.25) is 0 Å². The summed E-state index contributed by atoms with van der Waals surface area (Å²) in [5.74, 6) is 0.157. The van der Waals surface area contributed by atoms with Crippen molar-refractivity contribution in [3.05, 3.63) is 65.6 Å². The topological polar surface area (TPSA) is 76.6 Å². The van der Waals surface area contributed by atoms with Crippen LogP contribution in [0.4, 0.5) is 0 Å². The molecule has 0 saturated heterocycles. The van der Waals surface area contributed by atoms with Crippen LogP contribution in [0.1, 0.15) is 21.6 Å². The van der Waals surface area contributed by atoms with Crippen LogP contribution in [-0.4, -0.2) is 22.5 Å². The van der Waals surface area contributed by atoms with Gasteiger partial charge in [-0.3, -0.25) is 0 Å². The lowest BCUT2D eigenvalue weighted by Crippen LogP contribution is -2.03. The van der Waals surface area contributed by atoms with E-state index in [9.17, 15) is 4.79 Å². The van der Waals surface area contributed by atoms with Crippen LogP contribution in [0.3, 0.4) is 0 Å². The van der Waals surface area contributed by atoms with Crippen LogP contribution in [0.25, 0.3) is 5.65 Å². The van der Waals surface area contributed by atoms with Gasteiger partial charge in [0.15, 0.2) is 5.65 Å². The zero-order chi connectivity index (χ0) is 16.2. The maximum Gasteiger partial charge on any atom is 0.341 e. The number of fused-ring (bicyclic) bond motifs is 1. The lowest BCUT2D eigenvalue weighted by molar-refractivity contribution is 0.0602. The number of pyridine rings is 1. The van der Waals surface area contributed by atoms with Crippen molar-refractivity contribution in [1.29, 1.82) is 5.26 Å². The molecule has 2 heterocycles. The molecule has 3 aromatic rings. The molecule has 0 amide bonds. The molecule has 0 aliphatic rings. The molecule has 0 atom stereocenters. The number of carbonyl (C=O) groups excluding carboxylic acids is 1. The molecule has 0 fully saturated rings. The molecule has 1 aromatic carbocycles. The van der Waals surface area contributed by atoms with E-state index in [1.165, 1.54) is 7.11 Å². The van der Waals surface area contributed by atoms with Gasteiger partial charge in [-0.05, 0) is 30.3 Å². The Labute approximate surface area is 132 Å². The van der Waals surface area contributed by atoms with Gasteiger partial charge in [0.25, 0.3) is 0 Å². The second-order valence-electron chi connectivity index (χ2n) is 4.80. The number of hydrogen-bond acceptors (Lipinski definition) is 5. The van der Waals surface area contributed by atoms with Gasteiger partial charge in [-0.25, -0.2) is 9.78 Å². The maximum atomic E-state index is 11.7. The molecule has 0 spiro atoms. The van der Waals surface area contributed by atoms with Crippen molar-refractivity contribution in [3.63, 3.8) is 0 Å². The molecule has 6 heteroatoms. The number of rotatable bonds is 4. The summed E-state index contributed by atoms with van der Waals surface area (Å²) in [6.07, 6.45) is 3.59. The zero-order valence-corrected chi connectivity index (χ0v) is 12.4. The highest BCUT2D eigenvalue weighted by Gasteiger charge is 2.13. The van der Waals surface area contributed by atoms with Gasteiger partial charge in [-0.15, -0.1) is 0 Å². The predicted octanol–water partition coefficient (Wildman–Crippen LogP) is 2.57. The zero-order valence-electron chi connectivity index (χ0n) is 12.4. The maximum absolute atomic E-state index is 11.7. The third-order valence-electron chi connectivity index (χ3n) is 3.29.